The minimum atomic E-state index is 0.290. The van der Waals surface area contributed by atoms with Crippen LogP contribution in [-0.2, 0) is 13.0 Å². The summed E-state index contributed by atoms with van der Waals surface area (Å²) >= 11 is 0. The van der Waals surface area contributed by atoms with Crippen LogP contribution in [0.25, 0.3) is 11.1 Å². The molecule has 1 aromatic heterocycles. The number of rotatable bonds is 5. The number of aromatic nitrogens is 1. The van der Waals surface area contributed by atoms with Crippen LogP contribution in [0.15, 0.2) is 36.7 Å². The minimum absolute atomic E-state index is 0.290. The summed E-state index contributed by atoms with van der Waals surface area (Å²) in [5.41, 5.74) is 4.92. The van der Waals surface area contributed by atoms with Gasteiger partial charge in [-0.15, -0.1) is 0 Å². The van der Waals surface area contributed by atoms with Crippen LogP contribution in [-0.4, -0.2) is 17.6 Å². The van der Waals surface area contributed by atoms with Crippen LogP contribution in [0.5, 0.6) is 5.75 Å². The molecule has 3 nitrogen and oxygen atoms in total. The van der Waals surface area contributed by atoms with Gasteiger partial charge in [-0.2, -0.15) is 0 Å². The zero-order chi connectivity index (χ0) is 14.7. The molecule has 0 radical (unpaired) electrons. The van der Waals surface area contributed by atoms with Gasteiger partial charge in [0.15, 0.2) is 0 Å². The highest BCUT2D eigenvalue weighted by Gasteiger charge is 2.19. The maximum atomic E-state index is 5.76. The maximum absolute atomic E-state index is 5.76. The van der Waals surface area contributed by atoms with Gasteiger partial charge >= 0.3 is 0 Å². The quantitative estimate of drug-likeness (QED) is 0.851. The van der Waals surface area contributed by atoms with Gasteiger partial charge in [-0.25, -0.2) is 0 Å². The Morgan fingerprint density at radius 2 is 2.14 bits per heavy atom. The van der Waals surface area contributed by atoms with Gasteiger partial charge in [-0.05, 0) is 54.8 Å². The summed E-state index contributed by atoms with van der Waals surface area (Å²) in [6, 6.07) is 8.66. The van der Waals surface area contributed by atoms with E-state index in [1.807, 2.05) is 12.4 Å². The SMILES string of the molecule is CCCNCc1cncc(-c2ccc3c(c2)CC(C)O3)c1. The van der Waals surface area contributed by atoms with Crippen molar-refractivity contribution in [2.75, 3.05) is 6.54 Å². The standard InChI is InChI=1S/C18H22N2O/c1-3-6-19-10-14-8-17(12-20-11-14)15-4-5-18-16(9-15)7-13(2)21-18/h4-5,8-9,11-13,19H,3,6-7,10H2,1-2H3. The number of pyridine rings is 1. The summed E-state index contributed by atoms with van der Waals surface area (Å²) in [7, 11) is 0. The summed E-state index contributed by atoms with van der Waals surface area (Å²) in [6.45, 7) is 6.20. The second-order valence-corrected chi connectivity index (χ2v) is 5.71. The van der Waals surface area contributed by atoms with Crippen LogP contribution in [0.3, 0.4) is 0 Å². The molecule has 0 saturated heterocycles. The summed E-state index contributed by atoms with van der Waals surface area (Å²) < 4.78 is 5.76. The Labute approximate surface area is 126 Å². The van der Waals surface area contributed by atoms with Gasteiger partial charge in [-0.1, -0.05) is 13.0 Å². The molecule has 1 aliphatic rings. The highest BCUT2D eigenvalue weighted by atomic mass is 16.5. The summed E-state index contributed by atoms with van der Waals surface area (Å²) in [5.74, 6) is 1.03. The molecule has 2 aromatic rings. The van der Waals surface area contributed by atoms with Crippen LogP contribution >= 0.6 is 0 Å². The molecular formula is C18H22N2O. The van der Waals surface area contributed by atoms with Crippen LogP contribution < -0.4 is 10.1 Å². The van der Waals surface area contributed by atoms with E-state index < -0.39 is 0 Å². The lowest BCUT2D eigenvalue weighted by Crippen LogP contribution is -2.13. The van der Waals surface area contributed by atoms with E-state index in [0.29, 0.717) is 0 Å². The lowest BCUT2D eigenvalue weighted by molar-refractivity contribution is 0.254. The third-order valence-corrected chi connectivity index (χ3v) is 3.78. The van der Waals surface area contributed by atoms with Crippen molar-refractivity contribution in [3.8, 4) is 16.9 Å². The molecule has 0 amide bonds. The van der Waals surface area contributed by atoms with Crippen LogP contribution in [0.1, 0.15) is 31.4 Å². The second-order valence-electron chi connectivity index (χ2n) is 5.71. The molecule has 0 spiro atoms. The van der Waals surface area contributed by atoms with Gasteiger partial charge in [0.2, 0.25) is 0 Å². The Balaban J connectivity index is 1.81. The van der Waals surface area contributed by atoms with Crippen molar-refractivity contribution in [1.29, 1.82) is 0 Å². The van der Waals surface area contributed by atoms with Crippen molar-refractivity contribution in [2.24, 2.45) is 0 Å². The molecule has 1 unspecified atom stereocenters. The third kappa shape index (κ3) is 3.24. The lowest BCUT2D eigenvalue weighted by Gasteiger charge is -2.07. The molecule has 110 valence electrons. The highest BCUT2D eigenvalue weighted by molar-refractivity contribution is 5.66. The predicted molar refractivity (Wildman–Crippen MR) is 85.5 cm³/mol. The zero-order valence-electron chi connectivity index (χ0n) is 12.7. The van der Waals surface area contributed by atoms with Crippen LogP contribution in [0, 0.1) is 0 Å². The van der Waals surface area contributed by atoms with Gasteiger partial charge in [-0.3, -0.25) is 4.98 Å². The van der Waals surface area contributed by atoms with E-state index in [2.05, 4.69) is 48.4 Å². The van der Waals surface area contributed by atoms with Gasteiger partial charge in [0, 0.05) is 30.9 Å². The summed E-state index contributed by atoms with van der Waals surface area (Å²) in [5, 5.41) is 3.42. The second kappa shape index (κ2) is 6.27. The number of hydrogen-bond acceptors (Lipinski definition) is 3. The molecule has 21 heavy (non-hydrogen) atoms. The molecule has 1 aromatic carbocycles. The van der Waals surface area contributed by atoms with Crippen molar-refractivity contribution in [3.05, 3.63) is 47.8 Å². The van der Waals surface area contributed by atoms with Crippen molar-refractivity contribution >= 4 is 0 Å². The van der Waals surface area contributed by atoms with Crippen molar-refractivity contribution in [1.82, 2.24) is 10.3 Å². The van der Waals surface area contributed by atoms with E-state index in [-0.39, 0.29) is 6.10 Å². The molecule has 2 heterocycles. The molecule has 0 aliphatic carbocycles. The Hall–Kier alpha value is -1.87. The first-order chi connectivity index (χ1) is 10.3. The van der Waals surface area contributed by atoms with E-state index in [9.17, 15) is 0 Å². The lowest BCUT2D eigenvalue weighted by atomic mass is 10.0. The topological polar surface area (TPSA) is 34.2 Å². The first-order valence-electron chi connectivity index (χ1n) is 7.71. The van der Waals surface area contributed by atoms with Crippen molar-refractivity contribution < 1.29 is 4.74 Å². The molecule has 0 fully saturated rings. The number of hydrogen-bond donors (Lipinski definition) is 1. The molecule has 3 heteroatoms. The normalized spacial score (nSPS) is 16.6. The number of nitrogens with one attached hydrogen (secondary N) is 1. The van der Waals surface area contributed by atoms with Crippen molar-refractivity contribution in [3.63, 3.8) is 0 Å². The number of benzene rings is 1. The average molecular weight is 282 g/mol. The number of nitrogens with zero attached hydrogens (tertiary/aromatic N) is 1. The molecule has 0 saturated carbocycles. The summed E-state index contributed by atoms with van der Waals surface area (Å²) in [4.78, 5) is 4.38. The van der Waals surface area contributed by atoms with Crippen molar-refractivity contribution in [2.45, 2.75) is 39.3 Å². The van der Waals surface area contributed by atoms with E-state index in [4.69, 9.17) is 4.74 Å². The Morgan fingerprint density at radius 3 is 3.00 bits per heavy atom. The van der Waals surface area contributed by atoms with E-state index in [0.717, 1.165) is 31.7 Å². The molecule has 3 rings (SSSR count). The fourth-order valence-electron chi connectivity index (χ4n) is 2.75. The first kappa shape index (κ1) is 14.1. The number of ether oxygens (including phenoxy) is 1. The Kier molecular flexibility index (Phi) is 4.20. The molecule has 1 aliphatic heterocycles. The minimum Gasteiger partial charge on any atom is -0.490 e. The molecule has 0 bridgehead atoms. The Morgan fingerprint density at radius 1 is 1.24 bits per heavy atom. The van der Waals surface area contributed by atoms with Gasteiger partial charge in [0.05, 0.1) is 0 Å². The van der Waals surface area contributed by atoms with E-state index in [1.165, 1.54) is 22.3 Å². The van der Waals surface area contributed by atoms with E-state index >= 15 is 0 Å². The molecule has 1 atom stereocenters. The number of fused-ring (bicyclic) bond motifs is 1. The zero-order valence-corrected chi connectivity index (χ0v) is 12.7. The van der Waals surface area contributed by atoms with E-state index in [1.54, 1.807) is 0 Å². The monoisotopic (exact) mass is 282 g/mol. The highest BCUT2D eigenvalue weighted by Crippen LogP contribution is 2.32. The predicted octanol–water partition coefficient (Wildman–Crippen LogP) is 3.57. The van der Waals surface area contributed by atoms with Crippen LogP contribution in [0.2, 0.25) is 0 Å². The van der Waals surface area contributed by atoms with Crippen LogP contribution in [0.4, 0.5) is 0 Å². The summed E-state index contributed by atoms with van der Waals surface area (Å²) in [6.07, 6.45) is 6.30. The first-order valence-corrected chi connectivity index (χ1v) is 7.71. The fraction of sp³-hybridized carbons (Fsp3) is 0.389. The van der Waals surface area contributed by atoms with Gasteiger partial charge in [0.25, 0.3) is 0 Å². The van der Waals surface area contributed by atoms with Gasteiger partial charge in [0.1, 0.15) is 11.9 Å². The smallest absolute Gasteiger partial charge is 0.123 e. The molecular weight excluding hydrogens is 260 g/mol. The largest absolute Gasteiger partial charge is 0.490 e. The molecule has 1 N–H and O–H groups in total. The third-order valence-electron chi connectivity index (χ3n) is 3.78. The average Bonchev–Trinajstić information content (AvgIpc) is 2.87. The van der Waals surface area contributed by atoms with Gasteiger partial charge < -0.3 is 10.1 Å². The Bertz CT molecular complexity index is 624. The fourth-order valence-corrected chi connectivity index (χ4v) is 2.75. The maximum Gasteiger partial charge on any atom is 0.123 e.